The number of hydrogen-bond acceptors (Lipinski definition) is 5. The Hall–Kier alpha value is -7.80. The molecule has 6 aromatic carbocycles. The van der Waals surface area contributed by atoms with Crippen LogP contribution in [0.5, 0.6) is 0 Å². The van der Waals surface area contributed by atoms with Crippen LogP contribution in [0.25, 0.3) is 39.0 Å². The predicted molar refractivity (Wildman–Crippen MR) is 302 cm³/mol. The van der Waals surface area contributed by atoms with Crippen LogP contribution in [-0.2, 0) is 20.1 Å². The van der Waals surface area contributed by atoms with Crippen LogP contribution in [0.4, 0.5) is 11.4 Å². The number of nitriles is 2. The number of nitrogens with zero attached hydrogens (tertiary/aromatic N) is 9. The molecule has 2 aromatic heterocycles. The van der Waals surface area contributed by atoms with E-state index in [-0.39, 0.29) is 26.1 Å². The molecule has 9 rings (SSSR count). The Bertz CT molecular complexity index is 3240. The van der Waals surface area contributed by atoms with E-state index in [2.05, 4.69) is 203 Å². The third-order valence-electron chi connectivity index (χ3n) is 13.4. The quantitative estimate of drug-likeness (QED) is 0.0898. The number of imidazole rings is 2. The van der Waals surface area contributed by atoms with E-state index in [0.717, 1.165) is 28.5 Å². The van der Waals surface area contributed by atoms with Gasteiger partial charge >= 0.3 is 20.1 Å². The molecule has 3 heterocycles. The molecule has 0 amide bonds. The average Bonchev–Trinajstić information content (AvgIpc) is 4.24. The number of benzene rings is 6. The van der Waals surface area contributed by atoms with Crippen LogP contribution in [0.15, 0.2) is 151 Å². The zero-order valence-electron chi connectivity index (χ0n) is 45.8. The van der Waals surface area contributed by atoms with Crippen LogP contribution in [0.1, 0.15) is 175 Å². The van der Waals surface area contributed by atoms with Crippen molar-refractivity contribution in [2.75, 3.05) is 0 Å². The van der Waals surface area contributed by atoms with Crippen LogP contribution in [0, 0.1) is 47.4 Å². The van der Waals surface area contributed by atoms with Crippen molar-refractivity contribution >= 4 is 11.4 Å². The molecule has 0 aliphatic carbocycles. The van der Waals surface area contributed by atoms with Crippen molar-refractivity contribution < 1.29 is 24.8 Å². The van der Waals surface area contributed by atoms with Gasteiger partial charge in [-0.3, -0.25) is 14.8 Å². The van der Waals surface area contributed by atoms with Gasteiger partial charge in [0, 0.05) is 47.8 Å². The molecular weight excluding hydrogens is 1110 g/mol. The fourth-order valence-corrected chi connectivity index (χ4v) is 9.65. The van der Waals surface area contributed by atoms with Crippen molar-refractivity contribution in [3.05, 3.63) is 226 Å². The molecule has 1 unspecified atom stereocenters. The molecule has 1 atom stereocenters. The molecule has 1 aliphatic rings. The molecule has 384 valence electrons. The van der Waals surface area contributed by atoms with E-state index in [4.69, 9.17) is 6.57 Å². The molecule has 0 saturated heterocycles. The summed E-state index contributed by atoms with van der Waals surface area (Å²) >= 11 is 0. The van der Waals surface area contributed by atoms with Crippen LogP contribution in [0.3, 0.4) is 0 Å². The standard InChI is InChI=1S/2C22H22N3.C22H23N3.Ir/c1-15(2)19-10-7-11-20(16(3)4)21(19)25-13-12-24-22(25)17-8-6-9-18(14-17)23-5;1-15(2)19-9-6-10-20(16(3)4)21(19)25-12-11-24-22(25)18-8-5-7-17(13-18)14-23;1-15(2)19-9-6-10-20(16(3)4)22(19)21-11-12-24-25(21)18-8-5-7-17(13-18)14-23;/h6-7,9-16H,1-4H3;5-7,9-13,15-16H,1-4H3;5-7,9-13,15-16,21H,1-4H3;/q2*-1;;+3. The van der Waals surface area contributed by atoms with Gasteiger partial charge in [0.15, 0.2) is 0 Å². The molecule has 0 spiro atoms. The third-order valence-corrected chi connectivity index (χ3v) is 13.4. The van der Waals surface area contributed by atoms with E-state index in [9.17, 15) is 10.5 Å². The number of para-hydroxylation sites is 2. The molecule has 8 aromatic rings. The van der Waals surface area contributed by atoms with Gasteiger partial charge in [0.1, 0.15) is 11.4 Å². The van der Waals surface area contributed by atoms with Crippen LogP contribution < -0.4 is 0 Å². The molecule has 0 radical (unpaired) electrons. The Kier molecular flexibility index (Phi) is 19.7. The minimum atomic E-state index is 0. The molecule has 1 aliphatic heterocycles. The summed E-state index contributed by atoms with van der Waals surface area (Å²) in [7, 11) is 0. The number of aromatic nitrogens is 4. The monoisotopic (exact) mass is 1180 g/mol. The largest absolute Gasteiger partial charge is 3.00 e. The first kappa shape index (κ1) is 57.5. The second-order valence-corrected chi connectivity index (χ2v) is 20.6. The number of hydrogen-bond donors (Lipinski definition) is 0. The Morgan fingerprint density at radius 3 is 1.39 bits per heavy atom. The maximum atomic E-state index is 9.19. The minimum absolute atomic E-state index is 0. The van der Waals surface area contributed by atoms with Gasteiger partial charge < -0.3 is 9.13 Å². The molecule has 0 fully saturated rings. The Labute approximate surface area is 465 Å². The second-order valence-electron chi connectivity index (χ2n) is 20.6. The summed E-state index contributed by atoms with van der Waals surface area (Å²) in [5.41, 5.74) is 15.9. The molecule has 76 heavy (non-hydrogen) atoms. The number of rotatable bonds is 12. The fourth-order valence-electron chi connectivity index (χ4n) is 9.65. The van der Waals surface area contributed by atoms with Gasteiger partial charge in [-0.15, -0.1) is 59.7 Å². The van der Waals surface area contributed by atoms with Gasteiger partial charge in [-0.05, 0) is 79.6 Å². The maximum absolute atomic E-state index is 9.19. The summed E-state index contributed by atoms with van der Waals surface area (Å²) < 4.78 is 6.25. The third kappa shape index (κ3) is 12.8. The van der Waals surface area contributed by atoms with E-state index in [1.807, 2.05) is 53.9 Å². The SMILES string of the molecule is CC(C)c1cccc(C(C)C)c1-n1ccnc1-c1[c-]ccc(C#N)c1.CC(C)c1cccc(C(C)C)c1C1C=CN=[N+]1c1[c-]ccc(C#N)c1.[C-]#[N+]c1cc[c-]c(-c2nccn2-c2c(C(C)C)cccc2C(C)C)c1.[Ir+3]. The van der Waals surface area contributed by atoms with Crippen LogP contribution >= 0.6 is 0 Å². The number of azo groups is 2. The Morgan fingerprint density at radius 2 is 0.961 bits per heavy atom. The average molecular weight is 1180 g/mol. The molecule has 0 bridgehead atoms. The summed E-state index contributed by atoms with van der Waals surface area (Å²) in [5.74, 6) is 4.10. The Balaban J connectivity index is 0.000000184. The van der Waals surface area contributed by atoms with Crippen molar-refractivity contribution in [3.63, 3.8) is 0 Å². The van der Waals surface area contributed by atoms with Gasteiger partial charge in [-0.25, -0.2) is 0 Å². The molecule has 0 saturated carbocycles. The molecule has 0 N–H and O–H groups in total. The predicted octanol–water partition coefficient (Wildman–Crippen LogP) is 17.6. The topological polar surface area (TPSA) is 103 Å². The first-order valence-electron chi connectivity index (χ1n) is 25.9. The zero-order chi connectivity index (χ0) is 53.9. The fraction of sp³-hybridized carbons (Fsp3) is 0.288. The normalized spacial score (nSPS) is 12.7. The van der Waals surface area contributed by atoms with E-state index >= 15 is 0 Å². The van der Waals surface area contributed by atoms with Crippen molar-refractivity contribution in [2.45, 2.75) is 125 Å². The van der Waals surface area contributed by atoms with Crippen LogP contribution in [-0.4, -0.2) is 23.8 Å². The molecular formula is C66H67IrN9+. The van der Waals surface area contributed by atoms with Gasteiger partial charge in [-0.2, -0.15) is 28.7 Å². The second kappa shape index (κ2) is 26.1. The summed E-state index contributed by atoms with van der Waals surface area (Å²) in [5, 5.41) is 22.9. The zero-order valence-corrected chi connectivity index (χ0v) is 48.2. The summed E-state index contributed by atoms with van der Waals surface area (Å²) in [6, 6.07) is 49.9. The van der Waals surface area contributed by atoms with Crippen molar-refractivity contribution in [2.24, 2.45) is 5.11 Å². The molecule has 10 heteroatoms. The van der Waals surface area contributed by atoms with E-state index in [1.54, 1.807) is 36.4 Å². The first-order chi connectivity index (χ1) is 36.1. The Morgan fingerprint density at radius 1 is 0.553 bits per heavy atom. The van der Waals surface area contributed by atoms with Crippen LogP contribution in [0.2, 0.25) is 0 Å². The maximum Gasteiger partial charge on any atom is 3.00 e. The summed E-state index contributed by atoms with van der Waals surface area (Å²) in [6.07, 6.45) is 11.6. The van der Waals surface area contributed by atoms with Crippen molar-refractivity contribution in [1.82, 2.24) is 19.1 Å². The first-order valence-corrected chi connectivity index (χ1v) is 25.9. The molecule has 9 nitrogen and oxygen atoms in total. The van der Waals surface area contributed by atoms with E-state index in [0.29, 0.717) is 52.3 Å². The van der Waals surface area contributed by atoms with Gasteiger partial charge in [0.25, 0.3) is 0 Å². The summed E-state index contributed by atoms with van der Waals surface area (Å²) in [6.45, 7) is 33.9. The van der Waals surface area contributed by atoms with Gasteiger partial charge in [0.2, 0.25) is 6.04 Å². The van der Waals surface area contributed by atoms with Gasteiger partial charge in [0.05, 0.1) is 36.6 Å². The smallest absolute Gasteiger partial charge is 0.340 e. The summed E-state index contributed by atoms with van der Waals surface area (Å²) in [4.78, 5) is 12.7. The van der Waals surface area contributed by atoms with Crippen molar-refractivity contribution in [1.29, 1.82) is 10.5 Å². The van der Waals surface area contributed by atoms with E-state index in [1.165, 1.54) is 50.3 Å². The van der Waals surface area contributed by atoms with E-state index < -0.39 is 0 Å². The minimum Gasteiger partial charge on any atom is -0.340 e. The van der Waals surface area contributed by atoms with Crippen molar-refractivity contribution in [3.8, 4) is 46.3 Å². The van der Waals surface area contributed by atoms with Gasteiger partial charge in [-0.1, -0.05) is 154 Å².